The highest BCUT2D eigenvalue weighted by Gasteiger charge is 2.02. The van der Waals surface area contributed by atoms with Crippen molar-refractivity contribution in [2.75, 3.05) is 0 Å². The highest BCUT2D eigenvalue weighted by atomic mass is 16.4. The van der Waals surface area contributed by atoms with Gasteiger partial charge in [0.15, 0.2) is 5.89 Å². The molecule has 56 valence electrons. The number of nitrogens with zero attached hydrogens (tertiary/aromatic N) is 3. The van der Waals surface area contributed by atoms with Crippen molar-refractivity contribution in [3.8, 4) is 0 Å². The fourth-order valence-electron chi connectivity index (χ4n) is 0.927. The van der Waals surface area contributed by atoms with Gasteiger partial charge in [0, 0.05) is 6.92 Å². The molecule has 11 heavy (non-hydrogen) atoms. The highest BCUT2D eigenvalue weighted by molar-refractivity contribution is 5.66. The molecule has 2 rings (SSSR count). The van der Waals surface area contributed by atoms with E-state index in [0.717, 1.165) is 0 Å². The lowest BCUT2D eigenvalue weighted by atomic mass is 10.5. The minimum Gasteiger partial charge on any atom is -0.422 e. The molecule has 0 N–H and O–H groups in total. The Morgan fingerprint density at radius 3 is 2.91 bits per heavy atom. The monoisotopic (exact) mass is 149 g/mol. The van der Waals surface area contributed by atoms with E-state index in [1.54, 1.807) is 13.1 Å². The average Bonchev–Trinajstić information content (AvgIpc) is 2.27. The fourth-order valence-corrected chi connectivity index (χ4v) is 0.927. The molecule has 0 bridgehead atoms. The molecular weight excluding hydrogens is 142 g/mol. The molecule has 4 nitrogen and oxygen atoms in total. The van der Waals surface area contributed by atoms with E-state index in [-0.39, 0.29) is 0 Å². The van der Waals surface area contributed by atoms with Crippen molar-refractivity contribution >= 4 is 11.2 Å². The van der Waals surface area contributed by atoms with Gasteiger partial charge in [-0.3, -0.25) is 0 Å². The van der Waals surface area contributed by atoms with Crippen LogP contribution >= 0.6 is 0 Å². The quantitative estimate of drug-likeness (QED) is 0.565. The lowest BCUT2D eigenvalue weighted by Gasteiger charge is -1.86. The third-order valence-corrected chi connectivity index (χ3v) is 1.38. The van der Waals surface area contributed by atoms with Gasteiger partial charge >= 0.3 is 0 Å². The van der Waals surface area contributed by atoms with E-state index >= 15 is 0 Å². The number of oxazole rings is 1. The van der Waals surface area contributed by atoms with Crippen LogP contribution in [0.1, 0.15) is 11.7 Å². The molecule has 0 atom stereocenters. The van der Waals surface area contributed by atoms with Gasteiger partial charge in [0.25, 0.3) is 0 Å². The van der Waals surface area contributed by atoms with Gasteiger partial charge in [0.05, 0.1) is 6.20 Å². The predicted molar refractivity (Wildman–Crippen MR) is 39.1 cm³/mol. The van der Waals surface area contributed by atoms with Gasteiger partial charge in [-0.2, -0.15) is 4.98 Å². The van der Waals surface area contributed by atoms with E-state index < -0.39 is 0 Å². The van der Waals surface area contributed by atoms with E-state index in [1.165, 1.54) is 0 Å². The number of aryl methyl sites for hydroxylation is 2. The number of fused-ring (bicyclic) bond motifs is 1. The average molecular weight is 149 g/mol. The Morgan fingerprint density at radius 2 is 2.09 bits per heavy atom. The molecule has 0 aromatic carbocycles. The number of aromatic nitrogens is 3. The van der Waals surface area contributed by atoms with Crippen molar-refractivity contribution in [1.82, 2.24) is 15.0 Å². The molecule has 0 saturated carbocycles. The van der Waals surface area contributed by atoms with Crippen LogP contribution in [0.4, 0.5) is 0 Å². The largest absolute Gasteiger partial charge is 0.422 e. The smallest absolute Gasteiger partial charge is 0.250 e. The van der Waals surface area contributed by atoms with E-state index in [1.807, 2.05) is 6.92 Å². The first-order chi connectivity index (χ1) is 5.25. The molecule has 0 spiro atoms. The van der Waals surface area contributed by atoms with E-state index in [4.69, 9.17) is 4.42 Å². The van der Waals surface area contributed by atoms with Gasteiger partial charge in [-0.1, -0.05) is 0 Å². The summed E-state index contributed by atoms with van der Waals surface area (Å²) in [5.41, 5.74) is 1.28. The summed E-state index contributed by atoms with van der Waals surface area (Å²) in [5, 5.41) is 0. The van der Waals surface area contributed by atoms with Crippen molar-refractivity contribution in [3.63, 3.8) is 0 Å². The van der Waals surface area contributed by atoms with Crippen LogP contribution in [-0.4, -0.2) is 15.0 Å². The van der Waals surface area contributed by atoms with Crippen LogP contribution in [0.15, 0.2) is 10.6 Å². The second kappa shape index (κ2) is 2.02. The lowest BCUT2D eigenvalue weighted by Crippen LogP contribution is -1.84. The van der Waals surface area contributed by atoms with E-state index in [0.29, 0.717) is 22.9 Å². The lowest BCUT2D eigenvalue weighted by molar-refractivity contribution is 0.550. The SMILES string of the molecule is Cc1ncc2nc(C)oc2n1. The molecule has 0 radical (unpaired) electrons. The molecule has 0 aliphatic rings. The van der Waals surface area contributed by atoms with E-state index in [2.05, 4.69) is 15.0 Å². The second-order valence-corrected chi connectivity index (χ2v) is 2.34. The van der Waals surface area contributed by atoms with Crippen LogP contribution in [0.5, 0.6) is 0 Å². The van der Waals surface area contributed by atoms with Crippen molar-refractivity contribution in [2.24, 2.45) is 0 Å². The molecule has 0 aliphatic carbocycles. The van der Waals surface area contributed by atoms with Crippen molar-refractivity contribution < 1.29 is 4.42 Å². The summed E-state index contributed by atoms with van der Waals surface area (Å²) in [7, 11) is 0. The molecule has 0 unspecified atom stereocenters. The molecule has 0 amide bonds. The Kier molecular flexibility index (Phi) is 1.15. The molecule has 2 aromatic rings. The molecule has 0 fully saturated rings. The summed E-state index contributed by atoms with van der Waals surface area (Å²) in [6, 6.07) is 0. The standard InChI is InChI=1S/C7H7N3O/c1-4-8-3-6-7(9-4)11-5(2)10-6/h3H,1-2H3. The van der Waals surface area contributed by atoms with Crippen LogP contribution in [0.3, 0.4) is 0 Å². The summed E-state index contributed by atoms with van der Waals surface area (Å²) in [6.45, 7) is 3.61. The highest BCUT2D eigenvalue weighted by Crippen LogP contribution is 2.10. The first-order valence-electron chi connectivity index (χ1n) is 3.32. The minimum atomic E-state index is 0.565. The summed E-state index contributed by atoms with van der Waals surface area (Å²) in [4.78, 5) is 12.1. The predicted octanol–water partition coefficient (Wildman–Crippen LogP) is 1.23. The Bertz CT molecular complexity index is 393. The van der Waals surface area contributed by atoms with Crippen LogP contribution in [-0.2, 0) is 0 Å². The van der Waals surface area contributed by atoms with Crippen LogP contribution < -0.4 is 0 Å². The van der Waals surface area contributed by atoms with Crippen LogP contribution in [0, 0.1) is 13.8 Å². The number of hydrogen-bond donors (Lipinski definition) is 0. The third kappa shape index (κ3) is 0.960. The molecule has 2 aromatic heterocycles. The maximum atomic E-state index is 5.19. The number of hydrogen-bond acceptors (Lipinski definition) is 4. The van der Waals surface area contributed by atoms with Gasteiger partial charge in [-0.15, -0.1) is 0 Å². The molecular formula is C7H7N3O. The zero-order chi connectivity index (χ0) is 7.84. The maximum Gasteiger partial charge on any atom is 0.250 e. The molecule has 0 saturated heterocycles. The van der Waals surface area contributed by atoms with E-state index in [9.17, 15) is 0 Å². The van der Waals surface area contributed by atoms with Crippen molar-refractivity contribution in [3.05, 3.63) is 17.9 Å². The second-order valence-electron chi connectivity index (χ2n) is 2.34. The van der Waals surface area contributed by atoms with Crippen LogP contribution in [0.25, 0.3) is 11.2 Å². The summed E-state index contributed by atoms with van der Waals surface area (Å²) in [5.74, 6) is 1.33. The van der Waals surface area contributed by atoms with Crippen LogP contribution in [0.2, 0.25) is 0 Å². The minimum absolute atomic E-state index is 0.565. The Hall–Kier alpha value is -1.45. The number of rotatable bonds is 0. The molecule has 2 heterocycles. The zero-order valence-electron chi connectivity index (χ0n) is 6.33. The summed E-state index contributed by atoms with van der Waals surface area (Å²) < 4.78 is 5.19. The topological polar surface area (TPSA) is 51.8 Å². The first-order valence-corrected chi connectivity index (χ1v) is 3.32. The Labute approximate surface area is 63.3 Å². The fraction of sp³-hybridized carbons (Fsp3) is 0.286. The molecule has 4 heteroatoms. The molecule has 0 aliphatic heterocycles. The van der Waals surface area contributed by atoms with Gasteiger partial charge < -0.3 is 4.42 Å². The van der Waals surface area contributed by atoms with Gasteiger partial charge in [0.1, 0.15) is 11.3 Å². The van der Waals surface area contributed by atoms with Crippen molar-refractivity contribution in [1.29, 1.82) is 0 Å². The summed E-state index contributed by atoms with van der Waals surface area (Å²) in [6.07, 6.45) is 1.66. The normalized spacial score (nSPS) is 10.7. The Morgan fingerprint density at radius 1 is 1.27 bits per heavy atom. The van der Waals surface area contributed by atoms with Crippen molar-refractivity contribution in [2.45, 2.75) is 13.8 Å². The first kappa shape index (κ1) is 6.27. The maximum absolute atomic E-state index is 5.19. The van der Waals surface area contributed by atoms with Gasteiger partial charge in [0.2, 0.25) is 5.71 Å². The van der Waals surface area contributed by atoms with Gasteiger partial charge in [-0.25, -0.2) is 9.97 Å². The Balaban J connectivity index is 2.82. The summed E-state index contributed by atoms with van der Waals surface area (Å²) >= 11 is 0. The zero-order valence-corrected chi connectivity index (χ0v) is 6.33. The third-order valence-electron chi connectivity index (χ3n) is 1.38. The van der Waals surface area contributed by atoms with Gasteiger partial charge in [-0.05, 0) is 6.92 Å².